The van der Waals surface area contributed by atoms with Crippen LogP contribution in [0.15, 0.2) is 4.79 Å². The largest absolute Gasteiger partial charge is 0.310 e. The second kappa shape index (κ2) is 5.71. The Morgan fingerprint density at radius 1 is 1.41 bits per heavy atom. The Hall–Kier alpha value is -0.770. The van der Waals surface area contributed by atoms with Crippen LogP contribution in [0.25, 0.3) is 0 Å². The summed E-state index contributed by atoms with van der Waals surface area (Å²) in [5.74, 6) is 1.68. The topological polar surface area (TPSA) is 45.8 Å². The van der Waals surface area contributed by atoms with Crippen LogP contribution < -0.4 is 5.56 Å². The molecule has 2 rings (SSSR count). The molecular weight excluding hydrogens is 232 g/mol. The fraction of sp³-hybridized carbons (Fsp3) is 0.692. The van der Waals surface area contributed by atoms with Gasteiger partial charge in [-0.1, -0.05) is 19.8 Å². The molecule has 0 unspecified atom stereocenters. The summed E-state index contributed by atoms with van der Waals surface area (Å²) in [7, 11) is 0. The molecule has 0 atom stereocenters. The van der Waals surface area contributed by atoms with Crippen molar-refractivity contribution in [2.24, 2.45) is 0 Å². The van der Waals surface area contributed by atoms with Crippen LogP contribution in [0.3, 0.4) is 0 Å². The highest BCUT2D eigenvalue weighted by atomic mass is 32.2. The summed E-state index contributed by atoms with van der Waals surface area (Å²) in [4.78, 5) is 19.1. The Balaban J connectivity index is 2.05. The zero-order valence-corrected chi connectivity index (χ0v) is 11.4. The van der Waals surface area contributed by atoms with E-state index in [0.29, 0.717) is 0 Å². The highest BCUT2D eigenvalue weighted by Gasteiger charge is 2.16. The number of hydrogen-bond acceptors (Lipinski definition) is 3. The van der Waals surface area contributed by atoms with Gasteiger partial charge >= 0.3 is 0 Å². The minimum Gasteiger partial charge on any atom is -0.310 e. The van der Waals surface area contributed by atoms with E-state index in [4.69, 9.17) is 0 Å². The molecule has 0 bridgehead atoms. The number of aryl methyl sites for hydroxylation is 1. The molecule has 1 aliphatic carbocycles. The van der Waals surface area contributed by atoms with Gasteiger partial charge in [0.15, 0.2) is 0 Å². The maximum absolute atomic E-state index is 11.7. The fourth-order valence-electron chi connectivity index (χ4n) is 2.29. The highest BCUT2D eigenvalue weighted by molar-refractivity contribution is 7.99. The van der Waals surface area contributed by atoms with Crippen molar-refractivity contribution in [2.45, 2.75) is 57.0 Å². The molecule has 0 radical (unpaired) electrons. The summed E-state index contributed by atoms with van der Waals surface area (Å²) in [6.07, 6.45) is 6.19. The molecule has 0 amide bonds. The first kappa shape index (κ1) is 12.7. The van der Waals surface area contributed by atoms with Crippen LogP contribution in [0, 0.1) is 6.92 Å². The molecule has 1 aromatic heterocycles. The van der Waals surface area contributed by atoms with Crippen molar-refractivity contribution in [3.05, 3.63) is 27.4 Å². The van der Waals surface area contributed by atoms with E-state index in [-0.39, 0.29) is 5.56 Å². The van der Waals surface area contributed by atoms with Crippen LogP contribution >= 0.6 is 11.8 Å². The minimum absolute atomic E-state index is 0.0267. The summed E-state index contributed by atoms with van der Waals surface area (Å²) in [6.45, 7) is 3.89. The number of aromatic nitrogens is 2. The average molecular weight is 252 g/mol. The molecule has 1 heterocycles. The lowest BCUT2D eigenvalue weighted by atomic mass is 10.2. The maximum Gasteiger partial charge on any atom is 0.254 e. The summed E-state index contributed by atoms with van der Waals surface area (Å²) in [5, 5.41) is 0.770. The number of hydrogen-bond donors (Lipinski definition) is 1. The normalized spacial score (nSPS) is 16.6. The van der Waals surface area contributed by atoms with E-state index in [2.05, 4.69) is 9.97 Å². The lowest BCUT2D eigenvalue weighted by molar-refractivity contribution is 0.880. The quantitative estimate of drug-likeness (QED) is 0.896. The van der Waals surface area contributed by atoms with Crippen molar-refractivity contribution in [1.82, 2.24) is 9.97 Å². The van der Waals surface area contributed by atoms with Crippen LogP contribution in [0.2, 0.25) is 0 Å². The SMILES string of the molecule is CCc1nc(CSC2CCCC2)[nH]c(=O)c1C. The van der Waals surface area contributed by atoms with Gasteiger partial charge in [0.2, 0.25) is 0 Å². The third-order valence-electron chi connectivity index (χ3n) is 3.39. The Morgan fingerprint density at radius 2 is 2.12 bits per heavy atom. The van der Waals surface area contributed by atoms with E-state index < -0.39 is 0 Å². The van der Waals surface area contributed by atoms with Crippen molar-refractivity contribution < 1.29 is 0 Å². The summed E-state index contributed by atoms with van der Waals surface area (Å²) in [6, 6.07) is 0. The van der Waals surface area contributed by atoms with Crippen LogP contribution in [0.5, 0.6) is 0 Å². The fourth-order valence-corrected chi connectivity index (χ4v) is 3.49. The highest BCUT2D eigenvalue weighted by Crippen LogP contribution is 2.30. The Morgan fingerprint density at radius 3 is 2.76 bits per heavy atom. The Bertz CT molecular complexity index is 436. The zero-order valence-electron chi connectivity index (χ0n) is 10.6. The van der Waals surface area contributed by atoms with E-state index in [1.54, 1.807) is 0 Å². The summed E-state index contributed by atoms with van der Waals surface area (Å²) < 4.78 is 0. The maximum atomic E-state index is 11.7. The average Bonchev–Trinajstić information content (AvgIpc) is 2.83. The first-order chi connectivity index (χ1) is 8.20. The molecule has 1 aromatic rings. The van der Waals surface area contributed by atoms with Gasteiger partial charge in [-0.15, -0.1) is 0 Å². The van der Waals surface area contributed by atoms with Crippen molar-refractivity contribution in [2.75, 3.05) is 0 Å². The van der Waals surface area contributed by atoms with E-state index in [1.165, 1.54) is 25.7 Å². The van der Waals surface area contributed by atoms with E-state index in [0.717, 1.165) is 34.5 Å². The molecule has 0 saturated heterocycles. The Kier molecular flexibility index (Phi) is 4.26. The zero-order chi connectivity index (χ0) is 12.3. The molecule has 1 aliphatic rings. The summed E-state index contributed by atoms with van der Waals surface area (Å²) in [5.41, 5.74) is 1.73. The van der Waals surface area contributed by atoms with Gasteiger partial charge in [0, 0.05) is 10.8 Å². The van der Waals surface area contributed by atoms with Gasteiger partial charge < -0.3 is 4.98 Å². The smallest absolute Gasteiger partial charge is 0.254 e. The second-order valence-corrected chi connectivity index (χ2v) is 5.94. The first-order valence-corrected chi connectivity index (χ1v) is 7.46. The van der Waals surface area contributed by atoms with Gasteiger partial charge in [-0.05, 0) is 26.2 Å². The molecule has 1 N–H and O–H groups in total. The van der Waals surface area contributed by atoms with E-state index in [9.17, 15) is 4.79 Å². The molecule has 1 fully saturated rings. The lowest BCUT2D eigenvalue weighted by Crippen LogP contribution is -2.17. The predicted octanol–water partition coefficient (Wildman–Crippen LogP) is 2.82. The van der Waals surface area contributed by atoms with Crippen LogP contribution in [-0.2, 0) is 12.2 Å². The Labute approximate surface area is 106 Å². The summed E-state index contributed by atoms with van der Waals surface area (Å²) >= 11 is 1.94. The standard InChI is InChI=1S/C13H20N2OS/c1-3-11-9(2)13(16)15-12(14-11)8-17-10-6-4-5-7-10/h10H,3-8H2,1-2H3,(H,14,15,16). The molecule has 17 heavy (non-hydrogen) atoms. The number of rotatable bonds is 4. The van der Waals surface area contributed by atoms with E-state index in [1.807, 2.05) is 25.6 Å². The number of thioether (sulfide) groups is 1. The molecule has 1 saturated carbocycles. The second-order valence-electron chi connectivity index (χ2n) is 4.66. The van der Waals surface area contributed by atoms with Crippen LogP contribution in [0.4, 0.5) is 0 Å². The minimum atomic E-state index is 0.0267. The molecule has 3 nitrogen and oxygen atoms in total. The van der Waals surface area contributed by atoms with Crippen molar-refractivity contribution in [3.8, 4) is 0 Å². The molecular formula is C13H20N2OS. The van der Waals surface area contributed by atoms with Crippen LogP contribution in [-0.4, -0.2) is 15.2 Å². The van der Waals surface area contributed by atoms with Gasteiger partial charge in [0.05, 0.1) is 11.4 Å². The third kappa shape index (κ3) is 3.12. The van der Waals surface area contributed by atoms with Crippen molar-refractivity contribution in [1.29, 1.82) is 0 Å². The molecule has 0 aromatic carbocycles. The monoisotopic (exact) mass is 252 g/mol. The van der Waals surface area contributed by atoms with Gasteiger partial charge in [-0.2, -0.15) is 11.8 Å². The van der Waals surface area contributed by atoms with E-state index >= 15 is 0 Å². The predicted molar refractivity (Wildman–Crippen MR) is 72.5 cm³/mol. The molecule has 0 spiro atoms. The first-order valence-electron chi connectivity index (χ1n) is 6.41. The molecule has 4 heteroatoms. The molecule has 94 valence electrons. The third-order valence-corrected chi connectivity index (χ3v) is 4.78. The van der Waals surface area contributed by atoms with Gasteiger partial charge in [-0.25, -0.2) is 4.98 Å². The molecule has 0 aliphatic heterocycles. The lowest BCUT2D eigenvalue weighted by Gasteiger charge is -2.09. The number of aromatic amines is 1. The van der Waals surface area contributed by atoms with Crippen molar-refractivity contribution in [3.63, 3.8) is 0 Å². The number of nitrogens with one attached hydrogen (secondary N) is 1. The van der Waals surface area contributed by atoms with Gasteiger partial charge in [0.1, 0.15) is 5.82 Å². The van der Waals surface area contributed by atoms with Gasteiger partial charge in [-0.3, -0.25) is 4.79 Å². The van der Waals surface area contributed by atoms with Crippen LogP contribution in [0.1, 0.15) is 49.7 Å². The van der Waals surface area contributed by atoms with Crippen molar-refractivity contribution >= 4 is 11.8 Å². The number of nitrogens with zero attached hydrogens (tertiary/aromatic N) is 1. The number of H-pyrrole nitrogens is 1. The van der Waals surface area contributed by atoms with Gasteiger partial charge in [0.25, 0.3) is 5.56 Å².